The van der Waals surface area contributed by atoms with Gasteiger partial charge in [0.1, 0.15) is 35.4 Å². The van der Waals surface area contributed by atoms with E-state index in [0.717, 1.165) is 5.56 Å². The number of hydrogen-bond acceptors (Lipinski definition) is 8. The van der Waals surface area contributed by atoms with Crippen molar-refractivity contribution in [3.63, 3.8) is 0 Å². The lowest BCUT2D eigenvalue weighted by Crippen LogP contribution is -2.29. The van der Waals surface area contributed by atoms with Crippen molar-refractivity contribution in [2.75, 3.05) is 0 Å². The van der Waals surface area contributed by atoms with Crippen molar-refractivity contribution in [2.45, 2.75) is 77.5 Å². The largest absolute Gasteiger partial charge is 0.459 e. The van der Waals surface area contributed by atoms with Gasteiger partial charge in [-0.2, -0.15) is 0 Å². The second-order valence-electron chi connectivity index (χ2n) is 9.09. The van der Waals surface area contributed by atoms with E-state index >= 15 is 0 Å². The van der Waals surface area contributed by atoms with Crippen LogP contribution in [-0.4, -0.2) is 35.7 Å². The zero-order valence-corrected chi connectivity index (χ0v) is 18.9. The quantitative estimate of drug-likeness (QED) is 0.300. The number of rotatable bonds is 3. The van der Waals surface area contributed by atoms with Gasteiger partial charge < -0.3 is 23.4 Å². The van der Waals surface area contributed by atoms with Crippen LogP contribution in [0.3, 0.4) is 0 Å². The summed E-state index contributed by atoms with van der Waals surface area (Å²) in [6.45, 7) is 12.3. The molecular formula is C24H28O8. The number of esters is 3. The molecule has 8 nitrogen and oxygen atoms in total. The van der Waals surface area contributed by atoms with Gasteiger partial charge in [-0.05, 0) is 44.9 Å². The number of carbonyl (C=O) groups is 3. The van der Waals surface area contributed by atoms with E-state index in [0.29, 0.717) is 23.5 Å². The first-order chi connectivity index (χ1) is 15.0. The van der Waals surface area contributed by atoms with Crippen LogP contribution in [0.4, 0.5) is 0 Å². The maximum absolute atomic E-state index is 12.7. The lowest BCUT2D eigenvalue weighted by atomic mass is 9.85. The monoisotopic (exact) mass is 444 g/mol. The number of carbonyl (C=O) groups excluding carboxylic acids is 3. The maximum atomic E-state index is 12.7. The Balaban J connectivity index is 1.84. The van der Waals surface area contributed by atoms with Gasteiger partial charge in [0.15, 0.2) is 6.10 Å². The Labute approximate surface area is 186 Å². The van der Waals surface area contributed by atoms with E-state index in [2.05, 4.69) is 6.58 Å². The predicted molar refractivity (Wildman–Crippen MR) is 111 cm³/mol. The van der Waals surface area contributed by atoms with E-state index in [1.165, 1.54) is 13.8 Å². The van der Waals surface area contributed by atoms with Crippen molar-refractivity contribution in [2.24, 2.45) is 5.92 Å². The maximum Gasteiger partial charge on any atom is 0.338 e. The first-order valence-corrected chi connectivity index (χ1v) is 10.7. The van der Waals surface area contributed by atoms with Crippen LogP contribution in [0.5, 0.6) is 0 Å². The summed E-state index contributed by atoms with van der Waals surface area (Å²) in [5.41, 5.74) is 1.20. The molecule has 3 aliphatic rings. The summed E-state index contributed by atoms with van der Waals surface area (Å²) >= 11 is 0. The molecule has 32 heavy (non-hydrogen) atoms. The minimum Gasteiger partial charge on any atom is -0.459 e. The molecule has 0 radical (unpaired) electrons. The van der Waals surface area contributed by atoms with Crippen LogP contribution in [0.2, 0.25) is 0 Å². The molecule has 1 saturated heterocycles. The van der Waals surface area contributed by atoms with Gasteiger partial charge in [0.05, 0.1) is 5.57 Å². The van der Waals surface area contributed by atoms with Gasteiger partial charge in [-0.25, -0.2) is 4.79 Å². The summed E-state index contributed by atoms with van der Waals surface area (Å²) in [6.07, 6.45) is -0.196. The van der Waals surface area contributed by atoms with E-state index in [9.17, 15) is 14.4 Å². The normalized spacial score (nSPS) is 33.5. The molecule has 0 aromatic carbocycles. The van der Waals surface area contributed by atoms with Crippen LogP contribution < -0.4 is 0 Å². The summed E-state index contributed by atoms with van der Waals surface area (Å²) in [6, 6.07) is 1.88. The molecule has 1 aromatic rings. The highest BCUT2D eigenvalue weighted by atomic mass is 16.6. The highest BCUT2D eigenvalue weighted by molar-refractivity contribution is 5.92. The van der Waals surface area contributed by atoms with Crippen molar-refractivity contribution < 1.29 is 37.7 Å². The first-order valence-electron chi connectivity index (χ1n) is 10.7. The van der Waals surface area contributed by atoms with Crippen molar-refractivity contribution >= 4 is 17.9 Å². The van der Waals surface area contributed by atoms with Crippen molar-refractivity contribution in [3.05, 3.63) is 47.0 Å². The van der Waals surface area contributed by atoms with Crippen LogP contribution in [0.1, 0.15) is 69.8 Å². The molecule has 6 atom stereocenters. The Bertz CT molecular complexity index is 1020. The van der Waals surface area contributed by atoms with Crippen LogP contribution in [0.15, 0.2) is 34.3 Å². The number of furan rings is 1. The second kappa shape index (κ2) is 7.92. The minimum atomic E-state index is -0.885. The SMILES string of the molecule is C=C(C)C1C[C@@H](OC(C)=O)C2=C[C@H](C[C@@]3(C)O[C@@H]3c3cc(C)c(o3)[C@H]1OC(C)=O)OC2=O. The molecule has 4 bridgehead atoms. The smallest absolute Gasteiger partial charge is 0.338 e. The fourth-order valence-corrected chi connectivity index (χ4v) is 4.68. The number of aryl methyl sites for hydroxylation is 1. The second-order valence-corrected chi connectivity index (χ2v) is 9.09. The lowest BCUT2D eigenvalue weighted by molar-refractivity contribution is -0.154. The van der Waals surface area contributed by atoms with Gasteiger partial charge in [-0.15, -0.1) is 0 Å². The predicted octanol–water partition coefficient (Wildman–Crippen LogP) is 3.79. The molecule has 3 aliphatic heterocycles. The Hall–Kier alpha value is -2.87. The van der Waals surface area contributed by atoms with E-state index in [1.54, 1.807) is 13.0 Å². The standard InChI is InChI=1S/C24H28O8/c1-11(2)16-9-18(28-13(4)25)17-8-15(30-23(17)27)10-24(6)22(32-24)19-7-12(3)20(31-19)21(16)29-14(5)26/h7-8,15-16,18,21-22H,1,9-10H2,2-6H3/t15-,16?,18-,21+,22-,24-/m1/s1. The molecular weight excluding hydrogens is 416 g/mol. The molecule has 0 N–H and O–H groups in total. The molecule has 1 aromatic heterocycles. The Morgan fingerprint density at radius 1 is 1.19 bits per heavy atom. The lowest BCUT2D eigenvalue weighted by Gasteiger charge is -2.29. The van der Waals surface area contributed by atoms with Crippen molar-refractivity contribution in [1.82, 2.24) is 0 Å². The molecule has 8 heteroatoms. The van der Waals surface area contributed by atoms with E-state index in [1.807, 2.05) is 19.9 Å². The molecule has 172 valence electrons. The van der Waals surface area contributed by atoms with Gasteiger partial charge in [-0.3, -0.25) is 9.59 Å². The third-order valence-corrected chi connectivity index (χ3v) is 6.26. The summed E-state index contributed by atoms with van der Waals surface area (Å²) in [7, 11) is 0. The highest BCUT2D eigenvalue weighted by Crippen LogP contribution is 2.54. The molecule has 0 aliphatic carbocycles. The topological polar surface area (TPSA) is 105 Å². The third kappa shape index (κ3) is 4.11. The zero-order chi connectivity index (χ0) is 23.4. The summed E-state index contributed by atoms with van der Waals surface area (Å²) in [5, 5.41) is 0. The van der Waals surface area contributed by atoms with Crippen LogP contribution in [0, 0.1) is 12.8 Å². The zero-order valence-electron chi connectivity index (χ0n) is 18.9. The molecule has 4 rings (SSSR count). The number of epoxide rings is 1. The highest BCUT2D eigenvalue weighted by Gasteiger charge is 2.57. The van der Waals surface area contributed by atoms with Gasteiger partial charge in [0.2, 0.25) is 0 Å². The summed E-state index contributed by atoms with van der Waals surface area (Å²) in [5.74, 6) is -0.919. The number of ether oxygens (including phenoxy) is 4. The van der Waals surface area contributed by atoms with E-state index in [4.69, 9.17) is 23.4 Å². The molecule has 0 amide bonds. The molecule has 4 heterocycles. The fourth-order valence-electron chi connectivity index (χ4n) is 4.68. The van der Waals surface area contributed by atoms with Crippen LogP contribution in [0.25, 0.3) is 0 Å². The van der Waals surface area contributed by atoms with Crippen LogP contribution in [-0.2, 0) is 33.3 Å². The average Bonchev–Trinajstić information content (AvgIpc) is 2.98. The van der Waals surface area contributed by atoms with Gasteiger partial charge >= 0.3 is 17.9 Å². The first kappa shape index (κ1) is 22.3. The third-order valence-electron chi connectivity index (χ3n) is 6.26. The number of fused-ring (bicyclic) bond motifs is 5. The molecule has 1 unspecified atom stereocenters. The van der Waals surface area contributed by atoms with Gasteiger partial charge in [-0.1, -0.05) is 12.2 Å². The Morgan fingerprint density at radius 3 is 2.50 bits per heavy atom. The fraction of sp³-hybridized carbons (Fsp3) is 0.542. The average molecular weight is 444 g/mol. The molecule has 0 spiro atoms. The van der Waals surface area contributed by atoms with Gasteiger partial charge in [0, 0.05) is 26.2 Å². The minimum absolute atomic E-state index is 0.174. The Kier molecular flexibility index (Phi) is 5.53. The van der Waals surface area contributed by atoms with E-state index in [-0.39, 0.29) is 18.1 Å². The van der Waals surface area contributed by atoms with E-state index < -0.39 is 47.7 Å². The van der Waals surface area contributed by atoms with Gasteiger partial charge in [0.25, 0.3) is 0 Å². The number of hydrogen-bond donors (Lipinski definition) is 0. The van der Waals surface area contributed by atoms with Crippen LogP contribution >= 0.6 is 0 Å². The molecule has 0 saturated carbocycles. The Morgan fingerprint density at radius 2 is 1.88 bits per heavy atom. The summed E-state index contributed by atoms with van der Waals surface area (Å²) in [4.78, 5) is 36.6. The molecule has 1 fully saturated rings. The van der Waals surface area contributed by atoms with Crippen molar-refractivity contribution in [3.8, 4) is 0 Å². The van der Waals surface area contributed by atoms with Crippen molar-refractivity contribution in [1.29, 1.82) is 0 Å². The summed E-state index contributed by atoms with van der Waals surface area (Å²) < 4.78 is 28.9.